The molecular weight excluding hydrogens is 374 g/mol. The van der Waals surface area contributed by atoms with Gasteiger partial charge in [-0.15, -0.1) is 0 Å². The van der Waals surface area contributed by atoms with Gasteiger partial charge in [-0.1, -0.05) is 54.1 Å². The van der Waals surface area contributed by atoms with Crippen molar-refractivity contribution in [1.29, 1.82) is 0 Å². The van der Waals surface area contributed by atoms with Crippen molar-refractivity contribution < 1.29 is 9.53 Å². The van der Waals surface area contributed by atoms with Crippen molar-refractivity contribution in [3.05, 3.63) is 71.4 Å². The number of nitrogens with one attached hydrogen (secondary N) is 1. The van der Waals surface area contributed by atoms with Crippen molar-refractivity contribution in [2.24, 2.45) is 0 Å². The average molecular weight is 396 g/mol. The molecule has 0 aliphatic carbocycles. The van der Waals surface area contributed by atoms with Crippen molar-refractivity contribution >= 4 is 28.4 Å². The van der Waals surface area contributed by atoms with E-state index in [1.807, 2.05) is 23.1 Å². The summed E-state index contributed by atoms with van der Waals surface area (Å²) in [5.41, 5.74) is 1.12. The number of nitrogens with zero attached hydrogens (tertiary/aromatic N) is 2. The lowest BCUT2D eigenvalue weighted by atomic mass is 10.0. The highest BCUT2D eigenvalue weighted by Gasteiger charge is 2.24. The summed E-state index contributed by atoms with van der Waals surface area (Å²) in [4.78, 5) is 18.6. The zero-order valence-electron chi connectivity index (χ0n) is 15.5. The second kappa shape index (κ2) is 8.48. The first kappa shape index (κ1) is 18.6. The van der Waals surface area contributed by atoms with Crippen LogP contribution in [0, 0.1) is 0 Å². The van der Waals surface area contributed by atoms with E-state index in [1.165, 1.54) is 10.8 Å². The monoisotopic (exact) mass is 395 g/mol. The molecule has 0 spiro atoms. The van der Waals surface area contributed by atoms with Crippen molar-refractivity contribution in [2.75, 3.05) is 13.1 Å². The molecule has 1 fully saturated rings. The van der Waals surface area contributed by atoms with E-state index in [0.29, 0.717) is 30.5 Å². The highest BCUT2D eigenvalue weighted by Crippen LogP contribution is 2.20. The van der Waals surface area contributed by atoms with Crippen LogP contribution in [0.2, 0.25) is 5.02 Å². The number of hydrogen-bond acceptors (Lipinski definition) is 3. The molecule has 2 heterocycles. The molecule has 1 saturated heterocycles. The van der Waals surface area contributed by atoms with E-state index in [2.05, 4.69) is 34.6 Å². The zero-order valence-corrected chi connectivity index (χ0v) is 16.2. The van der Waals surface area contributed by atoms with E-state index in [1.54, 1.807) is 18.3 Å². The Hall–Kier alpha value is -2.79. The molecule has 1 N–H and O–H groups in total. The van der Waals surface area contributed by atoms with Crippen LogP contribution in [0.3, 0.4) is 0 Å². The molecule has 0 atom stereocenters. The van der Waals surface area contributed by atoms with Crippen molar-refractivity contribution in [3.63, 3.8) is 0 Å². The number of benzene rings is 2. The van der Waals surface area contributed by atoms with Crippen molar-refractivity contribution in [2.45, 2.75) is 25.5 Å². The molecule has 0 saturated carbocycles. The standard InChI is InChI=1S/C22H22ClN3O2/c23-18-8-9-21(24-15-18)28-19-10-12-26(13-11-19)22(27)25-14-17-6-3-5-16-4-1-2-7-20(16)17/h1-9,15,19H,10-14H2,(H,25,27). The number of fused-ring (bicyclic) bond motifs is 1. The summed E-state index contributed by atoms with van der Waals surface area (Å²) in [6, 6.07) is 17.9. The number of hydrogen-bond donors (Lipinski definition) is 1. The number of halogens is 1. The number of likely N-dealkylation sites (tertiary alicyclic amines) is 1. The van der Waals surface area contributed by atoms with Gasteiger partial charge in [0.2, 0.25) is 5.88 Å². The number of ether oxygens (including phenoxy) is 1. The third-order valence-electron chi connectivity index (χ3n) is 5.03. The average Bonchev–Trinajstić information content (AvgIpc) is 2.74. The number of aromatic nitrogens is 1. The molecule has 2 amide bonds. The third kappa shape index (κ3) is 4.37. The van der Waals surface area contributed by atoms with Crippen molar-refractivity contribution in [3.8, 4) is 5.88 Å². The second-order valence-electron chi connectivity index (χ2n) is 6.92. The van der Waals surface area contributed by atoms with E-state index < -0.39 is 0 Å². The first-order chi connectivity index (χ1) is 13.7. The second-order valence-corrected chi connectivity index (χ2v) is 7.35. The summed E-state index contributed by atoms with van der Waals surface area (Å²) in [5.74, 6) is 0.572. The van der Waals surface area contributed by atoms with E-state index in [-0.39, 0.29) is 12.1 Å². The summed E-state index contributed by atoms with van der Waals surface area (Å²) >= 11 is 5.85. The molecule has 5 nitrogen and oxygen atoms in total. The molecular formula is C22H22ClN3O2. The van der Waals surface area contributed by atoms with Gasteiger partial charge < -0.3 is 15.0 Å². The normalized spacial score (nSPS) is 14.8. The first-order valence-electron chi connectivity index (χ1n) is 9.47. The van der Waals surface area contributed by atoms with Crippen LogP contribution in [0.5, 0.6) is 5.88 Å². The summed E-state index contributed by atoms with van der Waals surface area (Å²) in [5, 5.41) is 6.00. The van der Waals surface area contributed by atoms with Crippen LogP contribution < -0.4 is 10.1 Å². The van der Waals surface area contributed by atoms with Crippen LogP contribution in [0.15, 0.2) is 60.8 Å². The molecule has 0 radical (unpaired) electrons. The first-order valence-corrected chi connectivity index (χ1v) is 9.84. The number of rotatable bonds is 4. The number of amides is 2. The number of piperidine rings is 1. The minimum Gasteiger partial charge on any atom is -0.474 e. The Morgan fingerprint density at radius 3 is 2.68 bits per heavy atom. The molecule has 1 aliphatic rings. The Bertz CT molecular complexity index is 948. The maximum atomic E-state index is 12.6. The van der Waals surface area contributed by atoms with Gasteiger partial charge in [0.15, 0.2) is 0 Å². The number of carbonyl (C=O) groups excluding carboxylic acids is 1. The van der Waals surface area contributed by atoms with E-state index in [4.69, 9.17) is 16.3 Å². The van der Waals surface area contributed by atoms with E-state index in [0.717, 1.165) is 18.4 Å². The van der Waals surface area contributed by atoms with Crippen LogP contribution in [-0.4, -0.2) is 35.1 Å². The lowest BCUT2D eigenvalue weighted by molar-refractivity contribution is 0.107. The smallest absolute Gasteiger partial charge is 0.317 e. The summed E-state index contributed by atoms with van der Waals surface area (Å²) in [6.07, 6.45) is 3.21. The number of pyridine rings is 1. The maximum absolute atomic E-state index is 12.6. The van der Waals surface area contributed by atoms with Crippen LogP contribution >= 0.6 is 11.6 Å². The topological polar surface area (TPSA) is 54.5 Å². The van der Waals surface area contributed by atoms with Gasteiger partial charge in [0.25, 0.3) is 0 Å². The largest absolute Gasteiger partial charge is 0.474 e. The molecule has 0 unspecified atom stereocenters. The molecule has 1 aliphatic heterocycles. The Balaban J connectivity index is 1.28. The van der Waals surface area contributed by atoms with Crippen molar-refractivity contribution in [1.82, 2.24) is 15.2 Å². The van der Waals surface area contributed by atoms with Gasteiger partial charge in [0.05, 0.1) is 5.02 Å². The third-order valence-corrected chi connectivity index (χ3v) is 5.25. The Kier molecular flexibility index (Phi) is 5.63. The Morgan fingerprint density at radius 1 is 1.11 bits per heavy atom. The molecule has 144 valence electrons. The molecule has 0 bridgehead atoms. The van der Waals surface area contributed by atoms with Crippen LogP contribution in [0.25, 0.3) is 10.8 Å². The summed E-state index contributed by atoms with van der Waals surface area (Å²) < 4.78 is 5.89. The van der Waals surface area contributed by atoms with Crippen LogP contribution in [-0.2, 0) is 6.54 Å². The fourth-order valence-corrected chi connectivity index (χ4v) is 3.62. The quantitative estimate of drug-likeness (QED) is 0.700. The predicted molar refractivity (Wildman–Crippen MR) is 111 cm³/mol. The lowest BCUT2D eigenvalue weighted by Crippen LogP contribution is -2.46. The molecule has 1 aromatic heterocycles. The minimum atomic E-state index is -0.0315. The highest BCUT2D eigenvalue weighted by molar-refractivity contribution is 6.30. The summed E-state index contributed by atoms with van der Waals surface area (Å²) in [6.45, 7) is 1.85. The van der Waals surface area contributed by atoms with Gasteiger partial charge in [-0.25, -0.2) is 9.78 Å². The number of urea groups is 1. The van der Waals surface area contributed by atoms with Gasteiger partial charge >= 0.3 is 6.03 Å². The SMILES string of the molecule is O=C(NCc1cccc2ccccc12)N1CCC(Oc2ccc(Cl)cn2)CC1. The highest BCUT2D eigenvalue weighted by atomic mass is 35.5. The maximum Gasteiger partial charge on any atom is 0.317 e. The van der Waals surface area contributed by atoms with Gasteiger partial charge in [-0.05, 0) is 22.4 Å². The Morgan fingerprint density at radius 2 is 1.89 bits per heavy atom. The number of carbonyl (C=O) groups is 1. The van der Waals surface area contributed by atoms with E-state index in [9.17, 15) is 4.79 Å². The fourth-order valence-electron chi connectivity index (χ4n) is 3.51. The molecule has 6 heteroatoms. The molecule has 3 aromatic rings. The lowest BCUT2D eigenvalue weighted by Gasteiger charge is -2.32. The van der Waals surface area contributed by atoms with Gasteiger partial charge in [-0.3, -0.25) is 0 Å². The zero-order chi connectivity index (χ0) is 19.3. The molecule has 2 aromatic carbocycles. The van der Waals surface area contributed by atoms with Crippen LogP contribution in [0.1, 0.15) is 18.4 Å². The van der Waals surface area contributed by atoms with Gasteiger partial charge in [0.1, 0.15) is 6.10 Å². The van der Waals surface area contributed by atoms with E-state index >= 15 is 0 Å². The summed E-state index contributed by atoms with van der Waals surface area (Å²) in [7, 11) is 0. The molecule has 28 heavy (non-hydrogen) atoms. The predicted octanol–water partition coefficient (Wildman–Crippen LogP) is 4.64. The van der Waals surface area contributed by atoms with Gasteiger partial charge in [-0.2, -0.15) is 0 Å². The fraction of sp³-hybridized carbons (Fsp3) is 0.273. The minimum absolute atomic E-state index is 0.0315. The van der Waals surface area contributed by atoms with Crippen LogP contribution in [0.4, 0.5) is 4.79 Å². The molecule has 4 rings (SSSR count). The van der Waals surface area contributed by atoms with Gasteiger partial charge in [0, 0.05) is 44.7 Å². The Labute approximate surface area is 169 Å².